The molecule has 1 heteroatoms. The highest BCUT2D eigenvalue weighted by Gasteiger charge is 2.10. The summed E-state index contributed by atoms with van der Waals surface area (Å²) in [6, 6.07) is 5.43. The van der Waals surface area contributed by atoms with Crippen LogP contribution in [0.25, 0.3) is 0 Å². The van der Waals surface area contributed by atoms with Gasteiger partial charge in [0.25, 0.3) is 0 Å². The molecule has 1 nitrogen and oxygen atoms in total. The number of rotatable bonds is 0. The first-order valence-electron chi connectivity index (χ1n) is 3.42. The van der Waals surface area contributed by atoms with Crippen LogP contribution in [0.15, 0.2) is 18.2 Å². The molecule has 0 atom stereocenters. The zero-order valence-corrected chi connectivity index (χ0v) is 5.59. The molecule has 0 fully saturated rings. The van der Waals surface area contributed by atoms with Gasteiger partial charge in [0.15, 0.2) is 0 Å². The van der Waals surface area contributed by atoms with Gasteiger partial charge in [-0.1, -0.05) is 6.07 Å². The molecule has 0 saturated heterocycles. The summed E-state index contributed by atoms with van der Waals surface area (Å²) in [5.41, 5.74) is 2.39. The van der Waals surface area contributed by atoms with E-state index in [0.717, 1.165) is 18.4 Å². The van der Waals surface area contributed by atoms with Crippen molar-refractivity contribution in [1.82, 2.24) is 0 Å². The number of hydrogen-bond acceptors (Lipinski definition) is 1. The number of phenols is 1. The first kappa shape index (κ1) is 5.78. The second-order valence-corrected chi connectivity index (χ2v) is 2.52. The predicted octanol–water partition coefficient (Wildman–Crippen LogP) is 1.77. The Hall–Kier alpha value is -0.980. The molecule has 1 N–H and O–H groups in total. The first-order valence-corrected chi connectivity index (χ1v) is 3.42. The van der Waals surface area contributed by atoms with E-state index in [0.29, 0.717) is 5.75 Å². The molecule has 1 aromatic carbocycles. The lowest BCUT2D eigenvalue weighted by molar-refractivity contribution is 0.474. The molecule has 1 aromatic rings. The normalized spacial score (nSPS) is 15.2. The number of hydrogen-bond donors (Lipinski definition) is 1. The highest BCUT2D eigenvalue weighted by molar-refractivity contribution is 5.42. The van der Waals surface area contributed by atoms with Crippen LogP contribution < -0.4 is 0 Å². The number of fused-ring (bicyclic) bond motifs is 1. The van der Waals surface area contributed by atoms with Gasteiger partial charge in [-0.25, -0.2) is 0 Å². The van der Waals surface area contributed by atoms with E-state index in [2.05, 4.69) is 6.42 Å². The minimum absolute atomic E-state index is 0.363. The minimum Gasteiger partial charge on any atom is -0.508 e. The highest BCUT2D eigenvalue weighted by atomic mass is 16.3. The van der Waals surface area contributed by atoms with Gasteiger partial charge in [0, 0.05) is 6.42 Å². The van der Waals surface area contributed by atoms with E-state index >= 15 is 0 Å². The Bertz CT molecular complexity index is 253. The van der Waals surface area contributed by atoms with Crippen molar-refractivity contribution in [2.24, 2.45) is 0 Å². The maximum Gasteiger partial charge on any atom is 0.115 e. The van der Waals surface area contributed by atoms with Crippen molar-refractivity contribution in [3.05, 3.63) is 35.7 Å². The van der Waals surface area contributed by atoms with Crippen LogP contribution in [0.4, 0.5) is 0 Å². The average molecular weight is 132 g/mol. The zero-order valence-electron chi connectivity index (χ0n) is 5.59. The fraction of sp³-hybridized carbons (Fsp3) is 0.222. The van der Waals surface area contributed by atoms with Gasteiger partial charge in [0.1, 0.15) is 5.75 Å². The number of aryl methyl sites for hydroxylation is 1. The summed E-state index contributed by atoms with van der Waals surface area (Å²) in [5.74, 6) is 0.363. The van der Waals surface area contributed by atoms with Crippen LogP contribution in [0.5, 0.6) is 5.75 Å². The Morgan fingerprint density at radius 2 is 2.30 bits per heavy atom. The highest BCUT2D eigenvalue weighted by Crippen LogP contribution is 2.26. The molecule has 0 spiro atoms. The topological polar surface area (TPSA) is 20.2 Å². The van der Waals surface area contributed by atoms with Crippen molar-refractivity contribution in [3.63, 3.8) is 0 Å². The fourth-order valence-electron chi connectivity index (χ4n) is 1.29. The summed E-state index contributed by atoms with van der Waals surface area (Å²) in [6.45, 7) is 0. The van der Waals surface area contributed by atoms with Crippen molar-refractivity contribution in [2.45, 2.75) is 12.8 Å². The molecule has 0 bridgehead atoms. The third-order valence-electron chi connectivity index (χ3n) is 1.80. The molecule has 0 aromatic heterocycles. The smallest absolute Gasteiger partial charge is 0.115 e. The van der Waals surface area contributed by atoms with Gasteiger partial charge in [-0.3, -0.25) is 0 Å². The van der Waals surface area contributed by atoms with Crippen LogP contribution in [-0.2, 0) is 6.42 Å². The average Bonchev–Trinajstić information content (AvgIpc) is 2.33. The van der Waals surface area contributed by atoms with Crippen LogP contribution in [0.3, 0.4) is 0 Å². The Balaban J connectivity index is 2.52. The van der Waals surface area contributed by atoms with Crippen molar-refractivity contribution in [1.29, 1.82) is 0 Å². The molecule has 0 aliphatic heterocycles. The van der Waals surface area contributed by atoms with Gasteiger partial charge in [-0.2, -0.15) is 0 Å². The largest absolute Gasteiger partial charge is 0.508 e. The van der Waals surface area contributed by atoms with Crippen LogP contribution in [0, 0.1) is 6.42 Å². The summed E-state index contributed by atoms with van der Waals surface area (Å²) >= 11 is 0. The fourth-order valence-corrected chi connectivity index (χ4v) is 1.29. The molecule has 0 saturated carbocycles. The van der Waals surface area contributed by atoms with Gasteiger partial charge in [-0.15, -0.1) is 0 Å². The van der Waals surface area contributed by atoms with Crippen LogP contribution in [0.2, 0.25) is 0 Å². The molecule has 1 aliphatic carbocycles. The molecule has 10 heavy (non-hydrogen) atoms. The van der Waals surface area contributed by atoms with E-state index in [1.54, 1.807) is 6.07 Å². The zero-order chi connectivity index (χ0) is 6.97. The summed E-state index contributed by atoms with van der Waals surface area (Å²) < 4.78 is 0. The molecule has 50 valence electrons. The molecule has 0 unspecified atom stereocenters. The minimum atomic E-state index is 0.363. The van der Waals surface area contributed by atoms with E-state index in [9.17, 15) is 0 Å². The lowest BCUT2D eigenvalue weighted by Crippen LogP contribution is -1.78. The van der Waals surface area contributed by atoms with Crippen molar-refractivity contribution in [3.8, 4) is 5.75 Å². The van der Waals surface area contributed by atoms with E-state index in [1.807, 2.05) is 12.1 Å². The third kappa shape index (κ3) is 0.783. The number of aromatic hydroxyl groups is 1. The summed E-state index contributed by atoms with van der Waals surface area (Å²) in [6.07, 6.45) is 5.25. The Kier molecular flexibility index (Phi) is 1.16. The number of phenolic OH excluding ortho intramolecular Hbond substituents is 1. The van der Waals surface area contributed by atoms with Gasteiger partial charge in [-0.05, 0) is 36.1 Å². The summed E-state index contributed by atoms with van der Waals surface area (Å²) in [5, 5.41) is 9.07. The molecular weight excluding hydrogens is 124 g/mol. The monoisotopic (exact) mass is 132 g/mol. The molecular formula is C9H8O. The standard InChI is InChI=1S/C9H8O/c10-9-5-4-7-2-1-3-8(7)6-9/h4-6,10H,1,3H2. The molecule has 0 amide bonds. The Morgan fingerprint density at radius 3 is 3.20 bits per heavy atom. The van der Waals surface area contributed by atoms with E-state index < -0.39 is 0 Å². The summed E-state index contributed by atoms with van der Waals surface area (Å²) in [4.78, 5) is 0. The quantitative estimate of drug-likeness (QED) is 0.570. The Morgan fingerprint density at radius 1 is 1.40 bits per heavy atom. The molecule has 0 heterocycles. The lowest BCUT2D eigenvalue weighted by Gasteiger charge is -1.96. The maximum atomic E-state index is 9.07. The summed E-state index contributed by atoms with van der Waals surface area (Å²) in [7, 11) is 0. The SMILES string of the molecule is Oc1ccc2c(c1)CC[C]2. The van der Waals surface area contributed by atoms with Crippen LogP contribution in [-0.4, -0.2) is 5.11 Å². The third-order valence-corrected chi connectivity index (χ3v) is 1.80. The van der Waals surface area contributed by atoms with Gasteiger partial charge < -0.3 is 5.11 Å². The lowest BCUT2D eigenvalue weighted by atomic mass is 10.1. The van der Waals surface area contributed by atoms with Gasteiger partial charge in [0.2, 0.25) is 0 Å². The first-order chi connectivity index (χ1) is 4.86. The van der Waals surface area contributed by atoms with Crippen molar-refractivity contribution in [2.75, 3.05) is 0 Å². The Labute approximate surface area is 60.3 Å². The van der Waals surface area contributed by atoms with Gasteiger partial charge in [0.05, 0.1) is 0 Å². The van der Waals surface area contributed by atoms with Crippen molar-refractivity contribution < 1.29 is 5.11 Å². The van der Waals surface area contributed by atoms with E-state index in [4.69, 9.17) is 5.11 Å². The second kappa shape index (κ2) is 2.01. The second-order valence-electron chi connectivity index (χ2n) is 2.52. The van der Waals surface area contributed by atoms with Crippen molar-refractivity contribution >= 4 is 0 Å². The van der Waals surface area contributed by atoms with Gasteiger partial charge >= 0.3 is 0 Å². The predicted molar refractivity (Wildman–Crippen MR) is 38.8 cm³/mol. The maximum absolute atomic E-state index is 9.07. The van der Waals surface area contributed by atoms with Crippen LogP contribution in [0.1, 0.15) is 17.5 Å². The molecule has 2 rings (SSSR count). The number of benzene rings is 1. The molecule has 1 aliphatic rings. The molecule has 2 radical (unpaired) electrons. The van der Waals surface area contributed by atoms with Crippen LogP contribution >= 0.6 is 0 Å². The van der Waals surface area contributed by atoms with E-state index in [-0.39, 0.29) is 0 Å². The van der Waals surface area contributed by atoms with E-state index in [1.165, 1.54) is 5.56 Å².